The van der Waals surface area contributed by atoms with Gasteiger partial charge in [0.2, 0.25) is 0 Å². The lowest BCUT2D eigenvalue weighted by atomic mass is 9.69. The summed E-state index contributed by atoms with van der Waals surface area (Å²) >= 11 is 0. The number of carboxylic acid groups (broad SMARTS) is 1. The molecule has 5 nitrogen and oxygen atoms in total. The first-order valence-electron chi connectivity index (χ1n) is 7.93. The molecule has 1 aliphatic heterocycles. The molecule has 0 radical (unpaired) electrons. The van der Waals surface area contributed by atoms with Crippen molar-refractivity contribution < 1.29 is 14.7 Å². The molecule has 118 valence electrons. The summed E-state index contributed by atoms with van der Waals surface area (Å²) in [6.07, 6.45) is 6.44. The topological polar surface area (TPSA) is 69.6 Å². The zero-order valence-corrected chi connectivity index (χ0v) is 12.7. The van der Waals surface area contributed by atoms with Gasteiger partial charge in [0.1, 0.15) is 0 Å². The second kappa shape index (κ2) is 5.99. The first-order chi connectivity index (χ1) is 10.6. The van der Waals surface area contributed by atoms with Crippen LogP contribution < -0.4 is 5.32 Å². The maximum Gasteiger partial charge on any atom is 0.335 e. The highest BCUT2D eigenvalue weighted by molar-refractivity contribution is 5.87. The molecule has 0 bridgehead atoms. The number of likely N-dealkylation sites (tertiary alicyclic amines) is 1. The van der Waals surface area contributed by atoms with Crippen molar-refractivity contribution in [3.63, 3.8) is 0 Å². The lowest BCUT2D eigenvalue weighted by Gasteiger charge is -2.52. The number of hydrogen-bond acceptors (Lipinski definition) is 2. The number of rotatable bonds is 3. The van der Waals surface area contributed by atoms with Crippen LogP contribution in [0.1, 0.15) is 48.0 Å². The van der Waals surface area contributed by atoms with Crippen LogP contribution in [0.15, 0.2) is 24.3 Å². The summed E-state index contributed by atoms with van der Waals surface area (Å²) < 4.78 is 0. The number of aromatic carboxylic acids is 1. The largest absolute Gasteiger partial charge is 0.478 e. The minimum atomic E-state index is -0.936. The van der Waals surface area contributed by atoms with E-state index >= 15 is 0 Å². The molecular formula is C17H22N2O3. The van der Waals surface area contributed by atoms with E-state index in [-0.39, 0.29) is 11.6 Å². The Bertz CT molecular complexity index is 554. The summed E-state index contributed by atoms with van der Waals surface area (Å²) in [4.78, 5) is 24.8. The average Bonchev–Trinajstić information content (AvgIpc) is 2.51. The van der Waals surface area contributed by atoms with Gasteiger partial charge < -0.3 is 15.3 Å². The molecule has 0 unspecified atom stereocenters. The second-order valence-corrected chi connectivity index (χ2v) is 6.58. The van der Waals surface area contributed by atoms with Gasteiger partial charge in [0, 0.05) is 25.0 Å². The molecule has 0 atom stereocenters. The van der Waals surface area contributed by atoms with E-state index < -0.39 is 5.97 Å². The van der Waals surface area contributed by atoms with Gasteiger partial charge in [-0.15, -0.1) is 0 Å². The van der Waals surface area contributed by atoms with Crippen molar-refractivity contribution in [2.75, 3.05) is 13.1 Å². The summed E-state index contributed by atoms with van der Waals surface area (Å²) in [6.45, 7) is 2.20. The normalized spacial score (nSPS) is 19.5. The van der Waals surface area contributed by atoms with Crippen LogP contribution in [0.4, 0.5) is 4.79 Å². The van der Waals surface area contributed by atoms with Crippen molar-refractivity contribution in [3.05, 3.63) is 35.4 Å². The smallest absolute Gasteiger partial charge is 0.335 e. The van der Waals surface area contributed by atoms with Crippen LogP contribution in [0, 0.1) is 5.41 Å². The van der Waals surface area contributed by atoms with Gasteiger partial charge in [0.15, 0.2) is 0 Å². The Labute approximate surface area is 130 Å². The summed E-state index contributed by atoms with van der Waals surface area (Å²) in [5.41, 5.74) is 1.57. The lowest BCUT2D eigenvalue weighted by molar-refractivity contribution is 0.000802. The van der Waals surface area contributed by atoms with Gasteiger partial charge in [-0.25, -0.2) is 9.59 Å². The summed E-state index contributed by atoms with van der Waals surface area (Å²) in [7, 11) is 0. The molecule has 1 saturated heterocycles. The van der Waals surface area contributed by atoms with Gasteiger partial charge >= 0.3 is 12.0 Å². The van der Waals surface area contributed by atoms with E-state index in [1.165, 1.54) is 32.1 Å². The van der Waals surface area contributed by atoms with Crippen molar-refractivity contribution in [2.45, 2.75) is 38.6 Å². The van der Waals surface area contributed by atoms with Gasteiger partial charge in [-0.05, 0) is 30.5 Å². The zero-order valence-electron chi connectivity index (χ0n) is 12.7. The fourth-order valence-electron chi connectivity index (χ4n) is 3.58. The third-order valence-corrected chi connectivity index (χ3v) is 4.90. The van der Waals surface area contributed by atoms with Gasteiger partial charge in [0.05, 0.1) is 5.56 Å². The second-order valence-electron chi connectivity index (χ2n) is 6.58. The molecule has 1 aromatic rings. The molecular weight excluding hydrogens is 280 g/mol. The Morgan fingerprint density at radius 2 is 1.73 bits per heavy atom. The molecule has 1 spiro atoms. The number of carbonyl (C=O) groups excluding carboxylic acids is 1. The van der Waals surface area contributed by atoms with Crippen LogP contribution >= 0.6 is 0 Å². The third kappa shape index (κ3) is 3.08. The SMILES string of the molecule is O=C(O)c1ccc(CNC(=O)N2CC3(CCCCC3)C2)cc1. The van der Waals surface area contributed by atoms with Crippen LogP contribution in [0.25, 0.3) is 0 Å². The van der Waals surface area contributed by atoms with Crippen molar-refractivity contribution in [2.24, 2.45) is 5.41 Å². The van der Waals surface area contributed by atoms with Crippen LogP contribution in [0.3, 0.4) is 0 Å². The van der Waals surface area contributed by atoms with Crippen molar-refractivity contribution >= 4 is 12.0 Å². The van der Waals surface area contributed by atoms with Crippen molar-refractivity contribution in [1.29, 1.82) is 0 Å². The van der Waals surface area contributed by atoms with Gasteiger partial charge in [-0.2, -0.15) is 0 Å². The predicted molar refractivity (Wildman–Crippen MR) is 82.7 cm³/mol. The molecule has 2 amide bonds. The molecule has 1 heterocycles. The van der Waals surface area contributed by atoms with E-state index in [0.29, 0.717) is 12.0 Å². The van der Waals surface area contributed by atoms with E-state index in [9.17, 15) is 9.59 Å². The van der Waals surface area contributed by atoms with Crippen LogP contribution in [-0.2, 0) is 6.54 Å². The maximum atomic E-state index is 12.1. The van der Waals surface area contributed by atoms with Crippen molar-refractivity contribution in [1.82, 2.24) is 10.2 Å². The molecule has 2 aliphatic rings. The quantitative estimate of drug-likeness (QED) is 0.902. The Morgan fingerprint density at radius 1 is 1.09 bits per heavy atom. The standard InChI is InChI=1S/C17H22N2O3/c20-15(21)14-6-4-13(5-7-14)10-18-16(22)19-11-17(12-19)8-2-1-3-9-17/h4-7H,1-3,8-12H2,(H,18,22)(H,20,21). The predicted octanol–water partition coefficient (Wildman–Crippen LogP) is 2.86. The summed E-state index contributed by atoms with van der Waals surface area (Å²) in [5.74, 6) is -0.936. The van der Waals surface area contributed by atoms with E-state index in [0.717, 1.165) is 18.7 Å². The molecule has 2 N–H and O–H groups in total. The first kappa shape index (κ1) is 14.9. The molecule has 3 rings (SSSR count). The Hall–Kier alpha value is -2.04. The lowest BCUT2D eigenvalue weighted by Crippen LogP contribution is -2.61. The number of carboxylic acids is 1. The van der Waals surface area contributed by atoms with Gasteiger partial charge in [-0.3, -0.25) is 0 Å². The highest BCUT2D eigenvalue weighted by Gasteiger charge is 2.45. The molecule has 22 heavy (non-hydrogen) atoms. The number of nitrogens with zero attached hydrogens (tertiary/aromatic N) is 1. The van der Waals surface area contributed by atoms with Gasteiger partial charge in [-0.1, -0.05) is 31.4 Å². The number of amides is 2. The average molecular weight is 302 g/mol. The van der Waals surface area contributed by atoms with E-state index in [1.807, 2.05) is 4.90 Å². The monoisotopic (exact) mass is 302 g/mol. The van der Waals surface area contributed by atoms with Gasteiger partial charge in [0.25, 0.3) is 0 Å². The minimum absolute atomic E-state index is 0.0153. The zero-order chi connectivity index (χ0) is 15.6. The maximum absolute atomic E-state index is 12.1. The van der Waals surface area contributed by atoms with E-state index in [4.69, 9.17) is 5.11 Å². The number of hydrogen-bond donors (Lipinski definition) is 2. The fraction of sp³-hybridized carbons (Fsp3) is 0.529. The highest BCUT2D eigenvalue weighted by Crippen LogP contribution is 2.43. The van der Waals surface area contributed by atoms with Crippen LogP contribution in [-0.4, -0.2) is 35.1 Å². The van der Waals surface area contributed by atoms with Crippen LogP contribution in [0.2, 0.25) is 0 Å². The number of nitrogens with one attached hydrogen (secondary N) is 1. The van der Waals surface area contributed by atoms with E-state index in [1.54, 1.807) is 24.3 Å². The van der Waals surface area contributed by atoms with E-state index in [2.05, 4.69) is 5.32 Å². The highest BCUT2D eigenvalue weighted by atomic mass is 16.4. The number of urea groups is 1. The Kier molecular flexibility index (Phi) is 4.05. The number of benzene rings is 1. The molecule has 5 heteroatoms. The summed E-state index contributed by atoms with van der Waals surface area (Å²) in [6, 6.07) is 6.58. The number of carbonyl (C=O) groups is 2. The molecule has 1 aromatic carbocycles. The Morgan fingerprint density at radius 3 is 2.32 bits per heavy atom. The first-order valence-corrected chi connectivity index (χ1v) is 7.93. The van der Waals surface area contributed by atoms with Crippen molar-refractivity contribution in [3.8, 4) is 0 Å². The molecule has 0 aromatic heterocycles. The molecule has 2 fully saturated rings. The van der Waals surface area contributed by atoms with Crippen LogP contribution in [0.5, 0.6) is 0 Å². The molecule has 1 aliphatic carbocycles. The third-order valence-electron chi connectivity index (χ3n) is 4.90. The Balaban J connectivity index is 1.46. The fourth-order valence-corrected chi connectivity index (χ4v) is 3.58. The summed E-state index contributed by atoms with van der Waals surface area (Å²) in [5, 5.41) is 11.8. The minimum Gasteiger partial charge on any atom is -0.478 e. The molecule has 1 saturated carbocycles.